The van der Waals surface area contributed by atoms with Crippen molar-refractivity contribution in [1.29, 1.82) is 0 Å². The first-order valence-corrected chi connectivity index (χ1v) is 8.42. The highest BCUT2D eigenvalue weighted by Gasteiger charge is 2.22. The Morgan fingerprint density at radius 3 is 2.68 bits per heavy atom. The zero-order valence-electron chi connectivity index (χ0n) is 11.6. The lowest BCUT2D eigenvalue weighted by molar-refractivity contribution is 0.208. The van der Waals surface area contributed by atoms with Crippen LogP contribution in [0.1, 0.15) is 0 Å². The van der Waals surface area contributed by atoms with Crippen LogP contribution in [0.25, 0.3) is 0 Å². The van der Waals surface area contributed by atoms with Gasteiger partial charge in [-0.25, -0.2) is 9.78 Å². The molecule has 1 saturated heterocycles. The summed E-state index contributed by atoms with van der Waals surface area (Å²) in [5, 5.41) is 6.77. The number of benzene rings is 1. The van der Waals surface area contributed by atoms with E-state index in [9.17, 15) is 4.79 Å². The average Bonchev–Trinajstić information content (AvgIpc) is 3.05. The van der Waals surface area contributed by atoms with Crippen molar-refractivity contribution in [2.24, 2.45) is 0 Å². The minimum atomic E-state index is -0.164. The third-order valence-electron chi connectivity index (χ3n) is 3.43. The summed E-state index contributed by atoms with van der Waals surface area (Å²) in [7, 11) is 0. The maximum Gasteiger partial charge on any atom is 0.322 e. The van der Waals surface area contributed by atoms with Crippen LogP contribution in [-0.4, -0.2) is 42.1 Å². The number of aromatic nitrogens is 1. The predicted octanol–water partition coefficient (Wildman–Crippen LogP) is 3.80. The van der Waals surface area contributed by atoms with Gasteiger partial charge in [0.2, 0.25) is 0 Å². The number of amides is 2. The summed E-state index contributed by atoms with van der Waals surface area (Å²) >= 11 is 13.6. The summed E-state index contributed by atoms with van der Waals surface area (Å²) in [4.78, 5) is 20.5. The molecule has 0 unspecified atom stereocenters. The van der Waals surface area contributed by atoms with Crippen LogP contribution in [0.15, 0.2) is 29.8 Å². The molecule has 0 aliphatic carbocycles. The zero-order chi connectivity index (χ0) is 15.5. The van der Waals surface area contributed by atoms with Crippen LogP contribution in [0.3, 0.4) is 0 Å². The lowest BCUT2D eigenvalue weighted by Gasteiger charge is -2.34. The summed E-state index contributed by atoms with van der Waals surface area (Å²) in [5.74, 6) is 0. The van der Waals surface area contributed by atoms with Crippen molar-refractivity contribution in [3.8, 4) is 0 Å². The minimum Gasteiger partial charge on any atom is -0.345 e. The van der Waals surface area contributed by atoms with Gasteiger partial charge in [0.25, 0.3) is 0 Å². The van der Waals surface area contributed by atoms with Gasteiger partial charge in [0, 0.05) is 42.8 Å². The SMILES string of the molecule is O=C(Nc1cc(Cl)ccc1Cl)N1CCN(c2nccs2)CC1. The van der Waals surface area contributed by atoms with E-state index >= 15 is 0 Å². The van der Waals surface area contributed by atoms with Crippen molar-refractivity contribution in [2.75, 3.05) is 36.4 Å². The van der Waals surface area contributed by atoms with E-state index in [1.54, 1.807) is 40.6 Å². The number of hydrogen-bond donors (Lipinski definition) is 1. The zero-order valence-corrected chi connectivity index (χ0v) is 14.0. The second-order valence-electron chi connectivity index (χ2n) is 4.84. The molecule has 5 nitrogen and oxygen atoms in total. The molecule has 8 heteroatoms. The van der Waals surface area contributed by atoms with E-state index in [1.807, 2.05) is 5.38 Å². The summed E-state index contributed by atoms with van der Waals surface area (Å²) in [6.45, 7) is 2.82. The lowest BCUT2D eigenvalue weighted by Crippen LogP contribution is -2.50. The van der Waals surface area contributed by atoms with Gasteiger partial charge in [0.15, 0.2) is 5.13 Å². The van der Waals surface area contributed by atoms with Gasteiger partial charge in [-0.3, -0.25) is 0 Å². The fourth-order valence-corrected chi connectivity index (χ4v) is 3.29. The van der Waals surface area contributed by atoms with Gasteiger partial charge in [-0.15, -0.1) is 11.3 Å². The Kier molecular flexibility index (Phi) is 4.71. The van der Waals surface area contributed by atoms with E-state index in [-0.39, 0.29) is 6.03 Å². The molecule has 1 aromatic heterocycles. The third kappa shape index (κ3) is 3.45. The fraction of sp³-hybridized carbons (Fsp3) is 0.286. The number of piperazine rings is 1. The van der Waals surface area contributed by atoms with Gasteiger partial charge >= 0.3 is 6.03 Å². The van der Waals surface area contributed by atoms with Crippen LogP contribution in [0.5, 0.6) is 0 Å². The Labute approximate surface area is 142 Å². The van der Waals surface area contributed by atoms with Crippen LogP contribution >= 0.6 is 34.5 Å². The average molecular weight is 357 g/mol. The van der Waals surface area contributed by atoms with Crippen molar-refractivity contribution in [3.63, 3.8) is 0 Å². The molecule has 22 heavy (non-hydrogen) atoms. The number of hydrogen-bond acceptors (Lipinski definition) is 4. The predicted molar refractivity (Wildman–Crippen MR) is 91.4 cm³/mol. The number of thiazole rings is 1. The molecule has 1 aromatic carbocycles. The number of carbonyl (C=O) groups excluding carboxylic acids is 1. The second-order valence-corrected chi connectivity index (χ2v) is 6.56. The normalized spacial score (nSPS) is 15.0. The smallest absolute Gasteiger partial charge is 0.322 e. The molecule has 1 aliphatic rings. The molecule has 2 amide bonds. The third-order valence-corrected chi connectivity index (χ3v) is 4.82. The summed E-state index contributed by atoms with van der Waals surface area (Å²) in [6.07, 6.45) is 1.79. The maximum absolute atomic E-state index is 12.3. The van der Waals surface area contributed by atoms with Gasteiger partial charge in [-0.2, -0.15) is 0 Å². The van der Waals surface area contributed by atoms with Gasteiger partial charge in [0.05, 0.1) is 10.7 Å². The number of anilines is 2. The van der Waals surface area contributed by atoms with Crippen LogP contribution in [0.2, 0.25) is 10.0 Å². The van der Waals surface area contributed by atoms with E-state index in [1.165, 1.54) is 0 Å². The number of urea groups is 1. The van der Waals surface area contributed by atoms with Gasteiger partial charge < -0.3 is 15.1 Å². The molecule has 2 aromatic rings. The van der Waals surface area contributed by atoms with Crippen LogP contribution in [0, 0.1) is 0 Å². The summed E-state index contributed by atoms with van der Waals surface area (Å²) < 4.78 is 0. The maximum atomic E-state index is 12.3. The topological polar surface area (TPSA) is 48.5 Å². The Morgan fingerprint density at radius 2 is 2.00 bits per heavy atom. The highest BCUT2D eigenvalue weighted by molar-refractivity contribution is 7.13. The molecule has 3 rings (SSSR count). The van der Waals surface area contributed by atoms with E-state index in [0.29, 0.717) is 28.8 Å². The molecule has 0 spiro atoms. The first-order valence-electron chi connectivity index (χ1n) is 6.79. The molecule has 1 aliphatic heterocycles. The van der Waals surface area contributed by atoms with Crippen LogP contribution < -0.4 is 10.2 Å². The Hall–Kier alpha value is -1.50. The van der Waals surface area contributed by atoms with Gasteiger partial charge in [-0.1, -0.05) is 23.2 Å². The molecule has 0 radical (unpaired) electrons. The summed E-state index contributed by atoms with van der Waals surface area (Å²) in [5.41, 5.74) is 0.529. The monoisotopic (exact) mass is 356 g/mol. The minimum absolute atomic E-state index is 0.164. The van der Waals surface area contributed by atoms with Gasteiger partial charge in [0.1, 0.15) is 0 Å². The number of nitrogens with zero attached hydrogens (tertiary/aromatic N) is 3. The van der Waals surface area contributed by atoms with Gasteiger partial charge in [-0.05, 0) is 18.2 Å². The second kappa shape index (κ2) is 6.73. The fourth-order valence-electron chi connectivity index (χ4n) is 2.26. The van der Waals surface area contributed by atoms with Crippen molar-refractivity contribution < 1.29 is 4.79 Å². The van der Waals surface area contributed by atoms with Crippen molar-refractivity contribution in [3.05, 3.63) is 39.8 Å². The van der Waals surface area contributed by atoms with E-state index in [4.69, 9.17) is 23.2 Å². The van der Waals surface area contributed by atoms with Crippen molar-refractivity contribution in [1.82, 2.24) is 9.88 Å². The Bertz CT molecular complexity index is 657. The molecular weight excluding hydrogens is 343 g/mol. The Morgan fingerprint density at radius 1 is 1.23 bits per heavy atom. The highest BCUT2D eigenvalue weighted by Crippen LogP contribution is 2.26. The standard InChI is InChI=1S/C14H14Cl2N4OS/c15-10-1-2-11(16)12(9-10)18-13(21)19-4-6-20(7-5-19)14-17-3-8-22-14/h1-3,8-9H,4-7H2,(H,18,21). The number of nitrogens with one attached hydrogen (secondary N) is 1. The lowest BCUT2D eigenvalue weighted by atomic mass is 10.3. The highest BCUT2D eigenvalue weighted by atomic mass is 35.5. The molecule has 0 saturated carbocycles. The number of halogens is 2. The molecule has 0 bridgehead atoms. The van der Waals surface area contributed by atoms with E-state index in [2.05, 4.69) is 15.2 Å². The van der Waals surface area contributed by atoms with Crippen molar-refractivity contribution >= 4 is 51.4 Å². The molecule has 0 atom stereocenters. The van der Waals surface area contributed by atoms with Crippen LogP contribution in [-0.2, 0) is 0 Å². The molecule has 1 N–H and O–H groups in total. The molecule has 116 valence electrons. The first kappa shape index (κ1) is 15.4. The largest absolute Gasteiger partial charge is 0.345 e. The number of rotatable bonds is 2. The summed E-state index contributed by atoms with van der Waals surface area (Å²) in [6, 6.07) is 4.84. The van der Waals surface area contributed by atoms with Crippen molar-refractivity contribution in [2.45, 2.75) is 0 Å². The first-order chi connectivity index (χ1) is 10.6. The Balaban J connectivity index is 1.59. The quantitative estimate of drug-likeness (QED) is 0.889. The molecular formula is C14H14Cl2N4OS. The number of carbonyl (C=O) groups is 1. The molecule has 1 fully saturated rings. The molecule has 2 heterocycles. The van der Waals surface area contributed by atoms with E-state index in [0.717, 1.165) is 18.2 Å². The van der Waals surface area contributed by atoms with Crippen LogP contribution in [0.4, 0.5) is 15.6 Å². The van der Waals surface area contributed by atoms with E-state index < -0.39 is 0 Å².